The first-order valence-corrected chi connectivity index (χ1v) is 11.4. The molecule has 4 rings (SSSR count). The standard InChI is InChI=1S/C26H32N2O4/c1-31-21-10-7-9-20(16-21)22-17-28(18-26(22)15-6-5-12-24(29)27-26)25(30)14-13-19-8-3-4-11-23(19)32-2/h3-4,7-11,16,22H,5-6,12-15,17-18H2,1-2H3,(H,27,29)/t22-,26+/m0/s1. The second kappa shape index (κ2) is 9.63. The molecule has 2 saturated heterocycles. The van der Waals surface area contributed by atoms with Gasteiger partial charge >= 0.3 is 0 Å². The van der Waals surface area contributed by atoms with Crippen LogP contribution in [0.15, 0.2) is 48.5 Å². The molecule has 2 heterocycles. The Bertz CT molecular complexity index is 976. The largest absolute Gasteiger partial charge is 0.497 e. The summed E-state index contributed by atoms with van der Waals surface area (Å²) in [5.41, 5.74) is 1.70. The first-order valence-electron chi connectivity index (χ1n) is 11.4. The van der Waals surface area contributed by atoms with E-state index in [0.717, 1.165) is 41.9 Å². The maximum absolute atomic E-state index is 13.3. The summed E-state index contributed by atoms with van der Waals surface area (Å²) in [4.78, 5) is 27.7. The number of benzene rings is 2. The van der Waals surface area contributed by atoms with Crippen LogP contribution in [0.1, 0.15) is 49.1 Å². The molecule has 6 nitrogen and oxygen atoms in total. The van der Waals surface area contributed by atoms with E-state index in [1.165, 1.54) is 0 Å². The summed E-state index contributed by atoms with van der Waals surface area (Å²) in [7, 11) is 3.31. The first-order chi connectivity index (χ1) is 15.5. The third kappa shape index (κ3) is 4.59. The summed E-state index contributed by atoms with van der Waals surface area (Å²) >= 11 is 0. The lowest BCUT2D eigenvalue weighted by Crippen LogP contribution is -2.52. The van der Waals surface area contributed by atoms with E-state index in [0.29, 0.717) is 32.4 Å². The minimum atomic E-state index is -0.431. The maximum atomic E-state index is 13.3. The van der Waals surface area contributed by atoms with Gasteiger partial charge in [-0.3, -0.25) is 9.59 Å². The van der Waals surface area contributed by atoms with Gasteiger partial charge in [0.1, 0.15) is 11.5 Å². The van der Waals surface area contributed by atoms with Crippen molar-refractivity contribution in [3.05, 3.63) is 59.7 Å². The number of aryl methyl sites for hydroxylation is 1. The number of hydrogen-bond donors (Lipinski definition) is 1. The normalized spacial score (nSPS) is 23.0. The summed E-state index contributed by atoms with van der Waals surface area (Å²) in [6, 6.07) is 15.8. The third-order valence-corrected chi connectivity index (χ3v) is 6.86. The van der Waals surface area contributed by atoms with Gasteiger partial charge in [0.05, 0.1) is 19.8 Å². The molecule has 2 aromatic rings. The Hall–Kier alpha value is -3.02. The van der Waals surface area contributed by atoms with Gasteiger partial charge in [-0.2, -0.15) is 0 Å². The van der Waals surface area contributed by atoms with Crippen LogP contribution in [-0.4, -0.2) is 49.6 Å². The molecule has 0 unspecified atom stereocenters. The van der Waals surface area contributed by atoms with Gasteiger partial charge in [-0.1, -0.05) is 36.8 Å². The van der Waals surface area contributed by atoms with Crippen molar-refractivity contribution in [2.75, 3.05) is 27.3 Å². The van der Waals surface area contributed by atoms with Gasteiger partial charge < -0.3 is 19.7 Å². The minimum absolute atomic E-state index is 0.0369. The predicted octanol–water partition coefficient (Wildman–Crippen LogP) is 3.69. The van der Waals surface area contributed by atoms with Crippen molar-refractivity contribution >= 4 is 11.8 Å². The minimum Gasteiger partial charge on any atom is -0.497 e. The van der Waals surface area contributed by atoms with Crippen LogP contribution in [0.2, 0.25) is 0 Å². The van der Waals surface area contributed by atoms with E-state index in [4.69, 9.17) is 9.47 Å². The molecular weight excluding hydrogens is 404 g/mol. The van der Waals surface area contributed by atoms with Crippen LogP contribution < -0.4 is 14.8 Å². The van der Waals surface area contributed by atoms with E-state index < -0.39 is 5.54 Å². The second-order valence-corrected chi connectivity index (χ2v) is 8.83. The fourth-order valence-corrected chi connectivity index (χ4v) is 5.20. The number of methoxy groups -OCH3 is 2. The van der Waals surface area contributed by atoms with Gasteiger partial charge in [0, 0.05) is 31.8 Å². The molecule has 2 aromatic carbocycles. The zero-order chi connectivity index (χ0) is 22.6. The molecule has 0 bridgehead atoms. The van der Waals surface area contributed by atoms with E-state index in [1.54, 1.807) is 14.2 Å². The fourth-order valence-electron chi connectivity index (χ4n) is 5.20. The summed E-state index contributed by atoms with van der Waals surface area (Å²) in [5.74, 6) is 1.83. The average Bonchev–Trinajstić information content (AvgIpc) is 3.08. The van der Waals surface area contributed by atoms with E-state index in [1.807, 2.05) is 47.4 Å². The monoisotopic (exact) mass is 436 g/mol. The Kier molecular flexibility index (Phi) is 6.68. The molecule has 6 heteroatoms. The molecule has 1 spiro atoms. The van der Waals surface area contributed by atoms with Crippen LogP contribution in [-0.2, 0) is 16.0 Å². The van der Waals surface area contributed by atoms with E-state index in [-0.39, 0.29) is 17.7 Å². The summed E-state index contributed by atoms with van der Waals surface area (Å²) in [5, 5.41) is 3.32. The number of hydrogen-bond acceptors (Lipinski definition) is 4. The Balaban J connectivity index is 1.56. The molecule has 0 aromatic heterocycles. The van der Waals surface area contributed by atoms with Crippen LogP contribution >= 0.6 is 0 Å². The summed E-state index contributed by atoms with van der Waals surface area (Å²) < 4.78 is 10.9. The van der Waals surface area contributed by atoms with Crippen LogP contribution in [0.3, 0.4) is 0 Å². The fraction of sp³-hybridized carbons (Fsp3) is 0.462. The summed E-state index contributed by atoms with van der Waals surface area (Å²) in [6.45, 7) is 1.14. The molecule has 2 amide bonds. The van der Waals surface area contributed by atoms with E-state index in [2.05, 4.69) is 11.4 Å². The van der Waals surface area contributed by atoms with Crippen LogP contribution in [0.25, 0.3) is 0 Å². The first kappa shape index (κ1) is 22.2. The van der Waals surface area contributed by atoms with Gasteiger partial charge in [-0.15, -0.1) is 0 Å². The third-order valence-electron chi connectivity index (χ3n) is 6.86. The van der Waals surface area contributed by atoms with E-state index >= 15 is 0 Å². The molecule has 2 aliphatic heterocycles. The van der Waals surface area contributed by atoms with Gasteiger partial charge in [-0.05, 0) is 48.6 Å². The highest BCUT2D eigenvalue weighted by molar-refractivity contribution is 5.80. The Morgan fingerprint density at radius 1 is 1.12 bits per heavy atom. The van der Waals surface area contributed by atoms with Crippen LogP contribution in [0, 0.1) is 0 Å². The quantitative estimate of drug-likeness (QED) is 0.750. The molecule has 2 aliphatic rings. The van der Waals surface area contributed by atoms with Gasteiger partial charge in [0.25, 0.3) is 0 Å². The zero-order valence-electron chi connectivity index (χ0n) is 18.9. The molecule has 170 valence electrons. The highest BCUT2D eigenvalue weighted by atomic mass is 16.5. The topological polar surface area (TPSA) is 67.9 Å². The van der Waals surface area contributed by atoms with Gasteiger partial charge in [0.2, 0.25) is 11.8 Å². The van der Waals surface area contributed by atoms with E-state index in [9.17, 15) is 9.59 Å². The number of amides is 2. The Labute approximate surface area is 189 Å². The average molecular weight is 437 g/mol. The number of rotatable bonds is 6. The predicted molar refractivity (Wildman–Crippen MR) is 123 cm³/mol. The Morgan fingerprint density at radius 2 is 1.97 bits per heavy atom. The van der Waals surface area contributed by atoms with Gasteiger partial charge in [0.15, 0.2) is 0 Å². The maximum Gasteiger partial charge on any atom is 0.223 e. The van der Waals surface area contributed by atoms with Crippen molar-refractivity contribution in [2.24, 2.45) is 0 Å². The van der Waals surface area contributed by atoms with Crippen molar-refractivity contribution in [3.8, 4) is 11.5 Å². The number of carbonyl (C=O) groups is 2. The SMILES string of the molecule is COc1cccc([C@@H]2CN(C(=O)CCc3ccccc3OC)C[C@]23CCCCC(=O)N3)c1. The van der Waals surface area contributed by atoms with Crippen LogP contribution in [0.5, 0.6) is 11.5 Å². The number of ether oxygens (including phenoxy) is 2. The molecule has 0 radical (unpaired) electrons. The zero-order valence-corrected chi connectivity index (χ0v) is 18.9. The van der Waals surface area contributed by atoms with Crippen molar-refractivity contribution in [2.45, 2.75) is 50.0 Å². The van der Waals surface area contributed by atoms with Crippen molar-refractivity contribution in [1.29, 1.82) is 0 Å². The second-order valence-electron chi connectivity index (χ2n) is 8.83. The molecule has 1 N–H and O–H groups in total. The van der Waals surface area contributed by atoms with Crippen molar-refractivity contribution in [3.63, 3.8) is 0 Å². The summed E-state index contributed by atoms with van der Waals surface area (Å²) in [6.07, 6.45) is 4.33. The number of para-hydroxylation sites is 1. The van der Waals surface area contributed by atoms with Crippen molar-refractivity contribution in [1.82, 2.24) is 10.2 Å². The molecule has 32 heavy (non-hydrogen) atoms. The highest BCUT2D eigenvalue weighted by Gasteiger charge is 2.49. The number of carbonyl (C=O) groups excluding carboxylic acids is 2. The smallest absolute Gasteiger partial charge is 0.223 e. The van der Waals surface area contributed by atoms with Crippen LogP contribution in [0.4, 0.5) is 0 Å². The lowest BCUT2D eigenvalue weighted by atomic mass is 9.79. The van der Waals surface area contributed by atoms with Gasteiger partial charge in [-0.25, -0.2) is 0 Å². The molecule has 0 saturated carbocycles. The number of nitrogens with zero attached hydrogens (tertiary/aromatic N) is 1. The lowest BCUT2D eigenvalue weighted by Gasteiger charge is -2.34. The number of nitrogens with one attached hydrogen (secondary N) is 1. The lowest BCUT2D eigenvalue weighted by molar-refractivity contribution is -0.131. The Morgan fingerprint density at radius 3 is 2.78 bits per heavy atom. The molecule has 0 aliphatic carbocycles. The molecular formula is C26H32N2O4. The molecule has 2 atom stereocenters. The van der Waals surface area contributed by atoms with Crippen molar-refractivity contribution < 1.29 is 19.1 Å². The number of likely N-dealkylation sites (tertiary alicyclic amines) is 1. The highest BCUT2D eigenvalue weighted by Crippen LogP contribution is 2.42. The molecule has 2 fully saturated rings.